The quantitative estimate of drug-likeness (QED) is 0.840. The number of likely N-dealkylation sites (tertiary alicyclic amines) is 1. The molecule has 3 atom stereocenters. The van der Waals surface area contributed by atoms with E-state index in [1.54, 1.807) is 11.1 Å². The fraction of sp³-hybridized carbons (Fsp3) is 0.500. The number of benzene rings is 1. The fourth-order valence-corrected chi connectivity index (χ4v) is 4.34. The van der Waals surface area contributed by atoms with Crippen molar-refractivity contribution in [3.8, 4) is 0 Å². The number of aromatic nitrogens is 2. The van der Waals surface area contributed by atoms with Crippen molar-refractivity contribution in [2.45, 2.75) is 25.4 Å². The number of nitrogens with one attached hydrogen (secondary N) is 1. The monoisotopic (exact) mass is 396 g/mol. The highest BCUT2D eigenvalue weighted by Gasteiger charge is 2.33. The highest BCUT2D eigenvalue weighted by atomic mass is 16.5. The van der Waals surface area contributed by atoms with Crippen molar-refractivity contribution in [1.29, 1.82) is 0 Å². The third kappa shape index (κ3) is 4.34. The van der Waals surface area contributed by atoms with Crippen LogP contribution in [0.15, 0.2) is 42.6 Å². The normalized spacial score (nSPS) is 24.4. The van der Waals surface area contributed by atoms with Crippen molar-refractivity contribution in [2.24, 2.45) is 18.9 Å². The molecule has 0 aliphatic carbocycles. The molecule has 1 N–H and O–H groups in total. The highest BCUT2D eigenvalue weighted by Crippen LogP contribution is 2.33. The molecule has 2 aliphatic rings. The molecule has 2 amide bonds. The average molecular weight is 396 g/mol. The Morgan fingerprint density at radius 1 is 1.21 bits per heavy atom. The Morgan fingerprint density at radius 2 is 2.03 bits per heavy atom. The van der Waals surface area contributed by atoms with Crippen LogP contribution in [0.5, 0.6) is 0 Å². The maximum absolute atomic E-state index is 12.7. The molecule has 3 heterocycles. The molecular formula is C22H28N4O3. The summed E-state index contributed by atoms with van der Waals surface area (Å²) in [7, 11) is 1.92. The summed E-state index contributed by atoms with van der Waals surface area (Å²) >= 11 is 0. The molecule has 1 aromatic carbocycles. The van der Waals surface area contributed by atoms with Crippen LogP contribution < -0.4 is 5.32 Å². The maximum atomic E-state index is 12.7. The zero-order valence-electron chi connectivity index (χ0n) is 16.8. The SMILES string of the molecule is Cn1nccc1[C@@H]1OCCC[C@H]1CNC(=O)C1CCN(C(=O)c2ccccc2)C1. The Hall–Kier alpha value is -2.67. The van der Waals surface area contributed by atoms with Gasteiger partial charge in [-0.15, -0.1) is 0 Å². The zero-order valence-corrected chi connectivity index (χ0v) is 16.8. The van der Waals surface area contributed by atoms with E-state index in [0.29, 0.717) is 31.6 Å². The number of nitrogens with zero attached hydrogens (tertiary/aromatic N) is 3. The van der Waals surface area contributed by atoms with Crippen LogP contribution in [0.1, 0.15) is 41.4 Å². The van der Waals surface area contributed by atoms with Crippen molar-refractivity contribution in [3.05, 3.63) is 53.9 Å². The highest BCUT2D eigenvalue weighted by molar-refractivity contribution is 5.95. The number of hydrogen-bond acceptors (Lipinski definition) is 4. The first-order chi connectivity index (χ1) is 14.1. The largest absolute Gasteiger partial charge is 0.372 e. The van der Waals surface area contributed by atoms with E-state index in [1.165, 1.54) is 0 Å². The third-order valence-electron chi connectivity index (χ3n) is 6.00. The molecule has 2 aromatic rings. The first-order valence-corrected chi connectivity index (χ1v) is 10.3. The number of amides is 2. The first kappa shape index (κ1) is 19.6. The van der Waals surface area contributed by atoms with E-state index >= 15 is 0 Å². The number of carbonyl (C=O) groups excluding carboxylic acids is 2. The molecule has 7 nitrogen and oxygen atoms in total. The predicted molar refractivity (Wildman–Crippen MR) is 108 cm³/mol. The molecule has 1 unspecified atom stereocenters. The van der Waals surface area contributed by atoms with E-state index in [2.05, 4.69) is 10.4 Å². The smallest absolute Gasteiger partial charge is 0.253 e. The van der Waals surface area contributed by atoms with Crippen molar-refractivity contribution in [2.75, 3.05) is 26.2 Å². The summed E-state index contributed by atoms with van der Waals surface area (Å²) in [5.74, 6) is 0.106. The lowest BCUT2D eigenvalue weighted by Crippen LogP contribution is -2.39. The van der Waals surface area contributed by atoms with Crippen LogP contribution in [0.4, 0.5) is 0 Å². The van der Waals surface area contributed by atoms with Crippen molar-refractivity contribution in [1.82, 2.24) is 20.0 Å². The summed E-state index contributed by atoms with van der Waals surface area (Å²) < 4.78 is 7.85. The van der Waals surface area contributed by atoms with E-state index in [9.17, 15) is 9.59 Å². The van der Waals surface area contributed by atoms with E-state index < -0.39 is 0 Å². The van der Waals surface area contributed by atoms with E-state index in [1.807, 2.05) is 48.1 Å². The van der Waals surface area contributed by atoms with Gasteiger partial charge in [-0.2, -0.15) is 5.10 Å². The lowest BCUT2D eigenvalue weighted by molar-refractivity contribution is -0.125. The average Bonchev–Trinajstić information content (AvgIpc) is 3.42. The van der Waals surface area contributed by atoms with E-state index in [0.717, 1.165) is 25.1 Å². The van der Waals surface area contributed by atoms with Gasteiger partial charge < -0.3 is 15.0 Å². The molecular weight excluding hydrogens is 368 g/mol. The van der Waals surface area contributed by atoms with Crippen LogP contribution in [-0.2, 0) is 16.6 Å². The molecule has 154 valence electrons. The lowest BCUT2D eigenvalue weighted by atomic mass is 9.91. The summed E-state index contributed by atoms with van der Waals surface area (Å²) in [5, 5.41) is 7.36. The predicted octanol–water partition coefficient (Wildman–Crippen LogP) is 2.17. The van der Waals surface area contributed by atoms with E-state index in [-0.39, 0.29) is 29.8 Å². The summed E-state index contributed by atoms with van der Waals surface area (Å²) in [5.41, 5.74) is 1.72. The molecule has 0 bridgehead atoms. The number of ether oxygens (including phenoxy) is 1. The number of carbonyl (C=O) groups is 2. The maximum Gasteiger partial charge on any atom is 0.253 e. The summed E-state index contributed by atoms with van der Waals surface area (Å²) in [4.78, 5) is 27.1. The van der Waals surface area contributed by atoms with Gasteiger partial charge >= 0.3 is 0 Å². The van der Waals surface area contributed by atoms with Gasteiger partial charge in [0.05, 0.1) is 11.6 Å². The molecule has 4 rings (SSSR count). The van der Waals surface area contributed by atoms with Crippen LogP contribution >= 0.6 is 0 Å². The summed E-state index contributed by atoms with van der Waals surface area (Å²) in [6.45, 7) is 2.42. The molecule has 1 aromatic heterocycles. The van der Waals surface area contributed by atoms with Gasteiger partial charge in [0, 0.05) is 51.0 Å². The molecule has 0 radical (unpaired) electrons. The van der Waals surface area contributed by atoms with Crippen molar-refractivity contribution < 1.29 is 14.3 Å². The van der Waals surface area contributed by atoms with Gasteiger partial charge in [0.15, 0.2) is 0 Å². The van der Waals surface area contributed by atoms with Gasteiger partial charge in [-0.25, -0.2) is 0 Å². The van der Waals surface area contributed by atoms with Gasteiger partial charge in [-0.3, -0.25) is 14.3 Å². The van der Waals surface area contributed by atoms with E-state index in [4.69, 9.17) is 4.74 Å². The van der Waals surface area contributed by atoms with Gasteiger partial charge in [-0.1, -0.05) is 18.2 Å². The van der Waals surface area contributed by atoms with Crippen LogP contribution in [0, 0.1) is 11.8 Å². The lowest BCUT2D eigenvalue weighted by Gasteiger charge is -2.32. The minimum Gasteiger partial charge on any atom is -0.372 e. The number of rotatable bonds is 5. The van der Waals surface area contributed by atoms with Gasteiger partial charge in [0.25, 0.3) is 5.91 Å². The Kier molecular flexibility index (Phi) is 5.94. The molecule has 7 heteroatoms. The second kappa shape index (κ2) is 8.78. The summed E-state index contributed by atoms with van der Waals surface area (Å²) in [6, 6.07) is 11.2. The molecule has 2 aliphatic heterocycles. The molecule has 0 spiro atoms. The molecule has 29 heavy (non-hydrogen) atoms. The Bertz CT molecular complexity index is 851. The standard InChI is InChI=1S/C22H28N4O3/c1-25-19(9-11-24-25)20-17(8-5-13-29-20)14-23-21(27)18-10-12-26(15-18)22(28)16-6-3-2-4-7-16/h2-4,6-7,9,11,17-18,20H,5,8,10,12-15H2,1H3,(H,23,27)/t17-,18?,20+/m0/s1. The Labute approximate surface area is 171 Å². The molecule has 2 saturated heterocycles. The molecule has 0 saturated carbocycles. The van der Waals surface area contributed by atoms with Crippen LogP contribution in [0.3, 0.4) is 0 Å². The topological polar surface area (TPSA) is 76.5 Å². The number of aryl methyl sites for hydroxylation is 1. The minimum atomic E-state index is -0.151. The van der Waals surface area contributed by atoms with Crippen LogP contribution in [-0.4, -0.2) is 52.7 Å². The number of hydrogen-bond donors (Lipinski definition) is 1. The Morgan fingerprint density at radius 3 is 2.79 bits per heavy atom. The van der Waals surface area contributed by atoms with Gasteiger partial charge in [0.1, 0.15) is 6.10 Å². The van der Waals surface area contributed by atoms with Gasteiger partial charge in [-0.05, 0) is 37.5 Å². The fourth-order valence-electron chi connectivity index (χ4n) is 4.34. The van der Waals surface area contributed by atoms with Crippen LogP contribution in [0.25, 0.3) is 0 Å². The van der Waals surface area contributed by atoms with Crippen molar-refractivity contribution >= 4 is 11.8 Å². The van der Waals surface area contributed by atoms with Crippen LogP contribution in [0.2, 0.25) is 0 Å². The second-order valence-electron chi connectivity index (χ2n) is 7.92. The first-order valence-electron chi connectivity index (χ1n) is 10.3. The van der Waals surface area contributed by atoms with Gasteiger partial charge in [0.2, 0.25) is 5.91 Å². The summed E-state index contributed by atoms with van der Waals surface area (Å²) in [6.07, 6.45) is 4.45. The second-order valence-corrected chi connectivity index (χ2v) is 7.92. The zero-order chi connectivity index (χ0) is 20.2. The molecule has 2 fully saturated rings. The Balaban J connectivity index is 1.31. The minimum absolute atomic E-state index is 0.00199. The third-order valence-corrected chi connectivity index (χ3v) is 6.00. The van der Waals surface area contributed by atoms with Crippen molar-refractivity contribution in [3.63, 3.8) is 0 Å².